The van der Waals surface area contributed by atoms with Crippen LogP contribution >= 0.6 is 11.6 Å². The Bertz CT molecular complexity index is 955. The number of aromatic nitrogens is 2. The minimum Gasteiger partial charge on any atom is -0.492 e. The first kappa shape index (κ1) is 18.9. The summed E-state index contributed by atoms with van der Waals surface area (Å²) in [5, 5.41) is 4.40. The van der Waals surface area contributed by atoms with Crippen molar-refractivity contribution < 1.29 is 14.1 Å². The Labute approximate surface area is 162 Å². The zero-order chi connectivity index (χ0) is 19.4. The zero-order valence-electron chi connectivity index (χ0n) is 15.4. The highest BCUT2D eigenvalue weighted by Gasteiger charge is 2.17. The van der Waals surface area contributed by atoms with Crippen LogP contribution in [0.4, 0.5) is 0 Å². The van der Waals surface area contributed by atoms with Crippen LogP contribution in [-0.2, 0) is 6.54 Å². The largest absolute Gasteiger partial charge is 0.492 e. The predicted octanol–water partition coefficient (Wildman–Crippen LogP) is 4.37. The lowest BCUT2D eigenvalue weighted by Crippen LogP contribution is -2.26. The molecule has 0 fully saturated rings. The summed E-state index contributed by atoms with van der Waals surface area (Å²) in [4.78, 5) is 18.5. The first-order valence-electron chi connectivity index (χ1n) is 8.55. The normalized spacial score (nSPS) is 10.7. The fraction of sp³-hybridized carbons (Fsp3) is 0.250. The summed E-state index contributed by atoms with van der Waals surface area (Å²) < 4.78 is 10.7. The maximum Gasteiger partial charge on any atom is 0.254 e. The van der Waals surface area contributed by atoms with E-state index in [4.69, 9.17) is 20.9 Å². The van der Waals surface area contributed by atoms with Crippen molar-refractivity contribution in [1.82, 2.24) is 15.0 Å². The van der Waals surface area contributed by atoms with Crippen LogP contribution in [0.25, 0.3) is 11.4 Å². The quantitative estimate of drug-likeness (QED) is 0.630. The van der Waals surface area contributed by atoms with Gasteiger partial charge in [0.2, 0.25) is 11.7 Å². The SMILES string of the molecule is CCOc1ccc(C(=O)N(C)Cc2nc(-c3cccc(C)c3)no2)cc1Cl. The van der Waals surface area contributed by atoms with Gasteiger partial charge < -0.3 is 14.2 Å². The third-order valence-electron chi connectivity index (χ3n) is 3.94. The molecule has 0 unspecified atom stereocenters. The molecular weight excluding hydrogens is 366 g/mol. The van der Waals surface area contributed by atoms with Gasteiger partial charge in [0.15, 0.2) is 0 Å². The standard InChI is InChI=1S/C20H20ClN3O3/c1-4-26-17-9-8-15(11-16(17)21)20(25)24(3)12-18-22-19(23-27-18)14-7-5-6-13(2)10-14/h5-11H,4,12H2,1-3H3. The fourth-order valence-corrected chi connectivity index (χ4v) is 2.86. The van der Waals surface area contributed by atoms with E-state index in [1.807, 2.05) is 38.1 Å². The number of nitrogens with zero attached hydrogens (tertiary/aromatic N) is 3. The van der Waals surface area contributed by atoms with E-state index in [0.717, 1.165) is 11.1 Å². The van der Waals surface area contributed by atoms with E-state index in [-0.39, 0.29) is 12.5 Å². The molecule has 7 heteroatoms. The van der Waals surface area contributed by atoms with Gasteiger partial charge in [-0.05, 0) is 38.1 Å². The van der Waals surface area contributed by atoms with Gasteiger partial charge in [0, 0.05) is 18.2 Å². The minimum atomic E-state index is -0.199. The second kappa shape index (κ2) is 8.22. The Morgan fingerprint density at radius 2 is 2.07 bits per heavy atom. The van der Waals surface area contributed by atoms with Crippen LogP contribution in [0.3, 0.4) is 0 Å². The van der Waals surface area contributed by atoms with Gasteiger partial charge in [0.1, 0.15) is 5.75 Å². The summed E-state index contributed by atoms with van der Waals surface area (Å²) in [6.07, 6.45) is 0. The molecule has 6 nitrogen and oxygen atoms in total. The Hall–Kier alpha value is -2.86. The van der Waals surface area contributed by atoms with Crippen LogP contribution in [0.2, 0.25) is 5.02 Å². The number of amides is 1. The molecule has 0 aliphatic carbocycles. The third kappa shape index (κ3) is 4.46. The van der Waals surface area contributed by atoms with E-state index < -0.39 is 0 Å². The van der Waals surface area contributed by atoms with Crippen LogP contribution in [0.15, 0.2) is 47.0 Å². The molecule has 2 aromatic carbocycles. The number of hydrogen-bond acceptors (Lipinski definition) is 5. The highest BCUT2D eigenvalue weighted by Crippen LogP contribution is 2.26. The first-order valence-corrected chi connectivity index (χ1v) is 8.93. The maximum atomic E-state index is 12.6. The number of ether oxygens (including phenoxy) is 1. The highest BCUT2D eigenvalue weighted by molar-refractivity contribution is 6.32. The second-order valence-corrected chi connectivity index (χ2v) is 6.53. The van der Waals surface area contributed by atoms with Crippen LogP contribution in [0, 0.1) is 6.92 Å². The van der Waals surface area contributed by atoms with Crippen molar-refractivity contribution in [3.8, 4) is 17.1 Å². The number of aryl methyl sites for hydroxylation is 1. The molecule has 0 aliphatic rings. The van der Waals surface area contributed by atoms with E-state index in [0.29, 0.717) is 34.7 Å². The number of hydrogen-bond donors (Lipinski definition) is 0. The van der Waals surface area contributed by atoms with Gasteiger partial charge in [-0.2, -0.15) is 4.98 Å². The lowest BCUT2D eigenvalue weighted by molar-refractivity contribution is 0.0769. The molecule has 0 aliphatic heterocycles. The van der Waals surface area contributed by atoms with Crippen molar-refractivity contribution in [3.05, 3.63) is 64.5 Å². The molecule has 27 heavy (non-hydrogen) atoms. The Balaban J connectivity index is 1.71. The van der Waals surface area contributed by atoms with Crippen molar-refractivity contribution in [1.29, 1.82) is 0 Å². The van der Waals surface area contributed by atoms with Gasteiger partial charge >= 0.3 is 0 Å². The Morgan fingerprint density at radius 1 is 1.26 bits per heavy atom. The molecule has 3 aromatic rings. The van der Waals surface area contributed by atoms with Crippen molar-refractivity contribution in [2.45, 2.75) is 20.4 Å². The monoisotopic (exact) mass is 385 g/mol. The van der Waals surface area contributed by atoms with Crippen LogP contribution < -0.4 is 4.74 Å². The topological polar surface area (TPSA) is 68.5 Å². The lowest BCUT2D eigenvalue weighted by atomic mass is 10.1. The number of benzene rings is 2. The van der Waals surface area contributed by atoms with Crippen LogP contribution in [-0.4, -0.2) is 34.6 Å². The molecule has 0 saturated heterocycles. The molecule has 1 amide bonds. The van der Waals surface area contributed by atoms with Gasteiger partial charge in [0.25, 0.3) is 5.91 Å². The predicted molar refractivity (Wildman–Crippen MR) is 103 cm³/mol. The lowest BCUT2D eigenvalue weighted by Gasteiger charge is -2.15. The number of rotatable bonds is 6. The highest BCUT2D eigenvalue weighted by atomic mass is 35.5. The van der Waals surface area contributed by atoms with Gasteiger partial charge in [0.05, 0.1) is 18.2 Å². The van der Waals surface area contributed by atoms with Gasteiger partial charge in [-0.25, -0.2) is 0 Å². The summed E-state index contributed by atoms with van der Waals surface area (Å²) in [7, 11) is 1.67. The average molecular weight is 386 g/mol. The summed E-state index contributed by atoms with van der Waals surface area (Å²) in [5.41, 5.74) is 2.44. The molecule has 0 N–H and O–H groups in total. The van der Waals surface area contributed by atoms with Crippen molar-refractivity contribution in [2.24, 2.45) is 0 Å². The van der Waals surface area contributed by atoms with E-state index >= 15 is 0 Å². The van der Waals surface area contributed by atoms with Crippen molar-refractivity contribution in [2.75, 3.05) is 13.7 Å². The third-order valence-corrected chi connectivity index (χ3v) is 4.24. The Morgan fingerprint density at radius 3 is 2.78 bits per heavy atom. The van der Waals surface area contributed by atoms with E-state index in [9.17, 15) is 4.79 Å². The van der Waals surface area contributed by atoms with Crippen molar-refractivity contribution in [3.63, 3.8) is 0 Å². The molecule has 0 bridgehead atoms. The summed E-state index contributed by atoms with van der Waals surface area (Å²) in [6.45, 7) is 4.58. The summed E-state index contributed by atoms with van der Waals surface area (Å²) in [6, 6.07) is 12.8. The summed E-state index contributed by atoms with van der Waals surface area (Å²) in [5.74, 6) is 1.21. The van der Waals surface area contributed by atoms with Gasteiger partial charge in [-0.15, -0.1) is 0 Å². The molecule has 0 saturated carbocycles. The van der Waals surface area contributed by atoms with E-state index in [1.54, 1.807) is 25.2 Å². The molecule has 1 aromatic heterocycles. The maximum absolute atomic E-state index is 12.6. The number of carbonyl (C=O) groups is 1. The van der Waals surface area contributed by atoms with Gasteiger partial charge in [-0.1, -0.05) is 40.5 Å². The minimum absolute atomic E-state index is 0.197. The molecule has 1 heterocycles. The van der Waals surface area contributed by atoms with E-state index in [1.165, 1.54) is 4.90 Å². The van der Waals surface area contributed by atoms with E-state index in [2.05, 4.69) is 10.1 Å². The van der Waals surface area contributed by atoms with Crippen LogP contribution in [0.1, 0.15) is 28.7 Å². The molecule has 0 spiro atoms. The van der Waals surface area contributed by atoms with Gasteiger partial charge in [-0.3, -0.25) is 4.79 Å². The molecule has 0 radical (unpaired) electrons. The summed E-state index contributed by atoms with van der Waals surface area (Å²) >= 11 is 6.16. The molecule has 3 rings (SSSR count). The number of halogens is 1. The number of carbonyl (C=O) groups excluding carboxylic acids is 1. The van der Waals surface area contributed by atoms with Crippen molar-refractivity contribution >= 4 is 17.5 Å². The average Bonchev–Trinajstić information content (AvgIpc) is 3.11. The fourth-order valence-electron chi connectivity index (χ4n) is 2.62. The Kier molecular flexibility index (Phi) is 5.76. The first-order chi connectivity index (χ1) is 13.0. The molecule has 0 atom stereocenters. The second-order valence-electron chi connectivity index (χ2n) is 6.12. The molecule has 140 valence electrons. The molecular formula is C20H20ClN3O3. The van der Waals surface area contributed by atoms with Crippen LogP contribution in [0.5, 0.6) is 5.75 Å². The smallest absolute Gasteiger partial charge is 0.254 e. The zero-order valence-corrected chi connectivity index (χ0v) is 16.2.